The van der Waals surface area contributed by atoms with Gasteiger partial charge in [0.15, 0.2) is 0 Å². The molecule has 7 heteroatoms. The fraction of sp³-hybridized carbons (Fsp3) is 0.417. The molecule has 2 amide bonds. The molecular weight excluding hydrogens is 278 g/mol. The standard InChI is InChI=1S/C12H13ClF2N2O2/c1-12(5-19-6-12)4-16-11(18)17-9-3-7(14)2-8(15)10(9)13/h2-3H,4-6H2,1H3,(H2,16,17,18). The molecule has 0 aromatic heterocycles. The molecule has 1 fully saturated rings. The number of halogens is 3. The van der Waals surface area contributed by atoms with Crippen molar-refractivity contribution in [3.05, 3.63) is 28.8 Å². The van der Waals surface area contributed by atoms with Crippen LogP contribution < -0.4 is 10.6 Å². The Morgan fingerprint density at radius 1 is 1.47 bits per heavy atom. The second kappa shape index (κ2) is 5.30. The van der Waals surface area contributed by atoms with Gasteiger partial charge < -0.3 is 15.4 Å². The van der Waals surface area contributed by atoms with Crippen LogP contribution in [0.25, 0.3) is 0 Å². The molecule has 0 unspecified atom stereocenters. The third kappa shape index (κ3) is 3.33. The van der Waals surface area contributed by atoms with Crippen LogP contribution >= 0.6 is 11.6 Å². The van der Waals surface area contributed by atoms with Crippen LogP contribution in [0, 0.1) is 17.0 Å². The Hall–Kier alpha value is -1.40. The normalized spacial score (nSPS) is 16.6. The molecule has 1 heterocycles. The summed E-state index contributed by atoms with van der Waals surface area (Å²) >= 11 is 5.63. The maximum atomic E-state index is 13.2. The summed E-state index contributed by atoms with van der Waals surface area (Å²) in [7, 11) is 0. The number of amides is 2. The first kappa shape index (κ1) is 14.0. The molecule has 1 aliphatic heterocycles. The van der Waals surface area contributed by atoms with Crippen LogP contribution in [0.3, 0.4) is 0 Å². The minimum atomic E-state index is -0.920. The smallest absolute Gasteiger partial charge is 0.319 e. The van der Waals surface area contributed by atoms with Gasteiger partial charge >= 0.3 is 6.03 Å². The van der Waals surface area contributed by atoms with E-state index in [1.165, 1.54) is 0 Å². The lowest BCUT2D eigenvalue weighted by Gasteiger charge is -2.37. The molecule has 0 bridgehead atoms. The van der Waals surface area contributed by atoms with Gasteiger partial charge in [-0.1, -0.05) is 18.5 Å². The molecule has 0 aliphatic carbocycles. The molecule has 0 radical (unpaired) electrons. The minimum Gasteiger partial charge on any atom is -0.380 e. The Labute approximate surface area is 114 Å². The summed E-state index contributed by atoms with van der Waals surface area (Å²) in [4.78, 5) is 11.6. The number of anilines is 1. The Kier molecular flexibility index (Phi) is 3.91. The van der Waals surface area contributed by atoms with Gasteiger partial charge in [0.25, 0.3) is 0 Å². The summed E-state index contributed by atoms with van der Waals surface area (Å²) in [5.41, 5.74) is -0.194. The molecule has 4 nitrogen and oxygen atoms in total. The van der Waals surface area contributed by atoms with Gasteiger partial charge in [0, 0.05) is 18.0 Å². The summed E-state index contributed by atoms with van der Waals surface area (Å²) in [6.07, 6.45) is 0. The summed E-state index contributed by atoms with van der Waals surface area (Å²) in [6, 6.07) is 1.04. The fourth-order valence-electron chi connectivity index (χ4n) is 1.66. The predicted octanol–water partition coefficient (Wildman–Crippen LogP) is 2.78. The van der Waals surface area contributed by atoms with Crippen molar-refractivity contribution < 1.29 is 18.3 Å². The molecule has 0 atom stereocenters. The molecule has 2 rings (SSSR count). The molecule has 1 aliphatic rings. The maximum absolute atomic E-state index is 13.2. The second-order valence-electron chi connectivity index (χ2n) is 4.86. The van der Waals surface area contributed by atoms with Gasteiger partial charge in [-0.2, -0.15) is 0 Å². The lowest BCUT2D eigenvalue weighted by atomic mass is 9.89. The van der Waals surface area contributed by atoms with Gasteiger partial charge in [0.05, 0.1) is 18.9 Å². The fourth-order valence-corrected chi connectivity index (χ4v) is 1.82. The van der Waals surface area contributed by atoms with Crippen LogP contribution in [0.4, 0.5) is 19.3 Å². The first-order chi connectivity index (χ1) is 8.89. The van der Waals surface area contributed by atoms with Crippen LogP contribution in [0.15, 0.2) is 12.1 Å². The third-order valence-electron chi connectivity index (χ3n) is 2.82. The highest BCUT2D eigenvalue weighted by Crippen LogP contribution is 2.27. The lowest BCUT2D eigenvalue weighted by molar-refractivity contribution is -0.0974. The number of hydrogen-bond acceptors (Lipinski definition) is 2. The SMILES string of the molecule is CC1(CNC(=O)Nc2cc(F)cc(F)c2Cl)COC1. The number of urea groups is 1. The van der Waals surface area contributed by atoms with Gasteiger partial charge in [0.1, 0.15) is 16.7 Å². The summed E-state index contributed by atoms with van der Waals surface area (Å²) in [5.74, 6) is -1.73. The highest BCUT2D eigenvalue weighted by atomic mass is 35.5. The second-order valence-corrected chi connectivity index (χ2v) is 5.24. The molecule has 1 aromatic carbocycles. The maximum Gasteiger partial charge on any atom is 0.319 e. The average Bonchev–Trinajstić information content (AvgIpc) is 2.30. The van der Waals surface area contributed by atoms with E-state index in [1.54, 1.807) is 0 Å². The zero-order valence-corrected chi connectivity index (χ0v) is 11.0. The molecule has 2 N–H and O–H groups in total. The number of rotatable bonds is 3. The molecular formula is C12H13ClF2N2O2. The zero-order valence-electron chi connectivity index (χ0n) is 10.2. The van der Waals surface area contributed by atoms with Gasteiger partial charge in [-0.05, 0) is 6.07 Å². The largest absolute Gasteiger partial charge is 0.380 e. The number of hydrogen-bond donors (Lipinski definition) is 2. The number of benzene rings is 1. The highest BCUT2D eigenvalue weighted by molar-refractivity contribution is 6.33. The third-order valence-corrected chi connectivity index (χ3v) is 3.20. The minimum absolute atomic E-state index is 0.0890. The van der Waals surface area contributed by atoms with E-state index in [4.69, 9.17) is 16.3 Å². The van der Waals surface area contributed by atoms with E-state index in [0.29, 0.717) is 25.8 Å². The van der Waals surface area contributed by atoms with E-state index in [9.17, 15) is 13.6 Å². The molecule has 19 heavy (non-hydrogen) atoms. The number of ether oxygens (including phenoxy) is 1. The van der Waals surface area contributed by atoms with Gasteiger partial charge in [0.2, 0.25) is 0 Å². The van der Waals surface area contributed by atoms with Crippen molar-refractivity contribution in [2.45, 2.75) is 6.92 Å². The van der Waals surface area contributed by atoms with Gasteiger partial charge in [-0.15, -0.1) is 0 Å². The van der Waals surface area contributed by atoms with Crippen molar-refractivity contribution >= 4 is 23.3 Å². The van der Waals surface area contributed by atoms with Crippen LogP contribution in [0.1, 0.15) is 6.92 Å². The Morgan fingerprint density at radius 2 is 2.16 bits per heavy atom. The number of carbonyl (C=O) groups is 1. The lowest BCUT2D eigenvalue weighted by Crippen LogP contribution is -2.49. The molecule has 1 saturated heterocycles. The molecule has 1 aromatic rings. The molecule has 104 valence electrons. The first-order valence-corrected chi connectivity index (χ1v) is 6.05. The van der Waals surface area contributed by atoms with Crippen molar-refractivity contribution in [1.29, 1.82) is 0 Å². The van der Waals surface area contributed by atoms with Gasteiger partial charge in [-0.3, -0.25) is 0 Å². The quantitative estimate of drug-likeness (QED) is 0.841. The monoisotopic (exact) mass is 290 g/mol. The van der Waals surface area contributed by atoms with Crippen LogP contribution in [-0.2, 0) is 4.74 Å². The van der Waals surface area contributed by atoms with Crippen molar-refractivity contribution in [1.82, 2.24) is 5.32 Å². The Morgan fingerprint density at radius 3 is 2.74 bits per heavy atom. The van der Waals surface area contributed by atoms with Crippen LogP contribution in [-0.4, -0.2) is 25.8 Å². The van der Waals surface area contributed by atoms with Crippen molar-refractivity contribution in [3.8, 4) is 0 Å². The summed E-state index contributed by atoms with van der Waals surface area (Å²) in [5, 5.41) is 4.59. The number of carbonyl (C=O) groups excluding carboxylic acids is 1. The van der Waals surface area contributed by atoms with Crippen molar-refractivity contribution in [3.63, 3.8) is 0 Å². The summed E-state index contributed by atoms with van der Waals surface area (Å²) in [6.45, 7) is 3.52. The van der Waals surface area contributed by atoms with E-state index in [1.807, 2.05) is 6.92 Å². The van der Waals surface area contributed by atoms with E-state index in [-0.39, 0.29) is 16.1 Å². The Bertz CT molecular complexity index is 507. The van der Waals surface area contributed by atoms with Crippen LogP contribution in [0.5, 0.6) is 0 Å². The van der Waals surface area contributed by atoms with Gasteiger partial charge in [-0.25, -0.2) is 13.6 Å². The number of nitrogens with one attached hydrogen (secondary N) is 2. The first-order valence-electron chi connectivity index (χ1n) is 5.67. The van der Waals surface area contributed by atoms with E-state index >= 15 is 0 Å². The predicted molar refractivity (Wildman–Crippen MR) is 67.3 cm³/mol. The van der Waals surface area contributed by atoms with E-state index < -0.39 is 17.7 Å². The molecule has 0 spiro atoms. The van der Waals surface area contributed by atoms with Crippen LogP contribution in [0.2, 0.25) is 5.02 Å². The Balaban J connectivity index is 1.95. The van der Waals surface area contributed by atoms with E-state index in [2.05, 4.69) is 10.6 Å². The van der Waals surface area contributed by atoms with Crippen molar-refractivity contribution in [2.24, 2.45) is 5.41 Å². The zero-order chi connectivity index (χ0) is 14.0. The summed E-state index contributed by atoms with van der Waals surface area (Å²) < 4.78 is 31.2. The van der Waals surface area contributed by atoms with E-state index in [0.717, 1.165) is 6.07 Å². The van der Waals surface area contributed by atoms with Crippen molar-refractivity contribution in [2.75, 3.05) is 25.1 Å². The topological polar surface area (TPSA) is 50.4 Å². The highest BCUT2D eigenvalue weighted by Gasteiger charge is 2.33. The average molecular weight is 291 g/mol. The molecule has 0 saturated carbocycles.